The zero-order chi connectivity index (χ0) is 21.9. The number of hydrogen-bond donors (Lipinski definition) is 1. The Kier molecular flexibility index (Phi) is 4.90. The van der Waals surface area contributed by atoms with Crippen molar-refractivity contribution >= 4 is 23.1 Å². The van der Waals surface area contributed by atoms with Crippen LogP contribution in [0.3, 0.4) is 0 Å². The Hall–Kier alpha value is -2.11. The van der Waals surface area contributed by atoms with Gasteiger partial charge in [0.15, 0.2) is 5.01 Å². The number of carbonyl (C=O) groups excluding carboxylic acids is 1. The third-order valence-corrected chi connectivity index (χ3v) is 6.84. The molecule has 0 bridgehead atoms. The quantitative estimate of drug-likeness (QED) is 0.610. The van der Waals surface area contributed by atoms with E-state index in [1.54, 1.807) is 0 Å². The van der Waals surface area contributed by atoms with Crippen LogP contribution < -0.4 is 5.32 Å². The number of rotatable bonds is 5. The molecule has 164 valence electrons. The molecule has 1 N–H and O–H groups in total. The molecule has 0 radical (unpaired) electrons. The summed E-state index contributed by atoms with van der Waals surface area (Å²) in [6, 6.07) is 0. The zero-order valence-electron chi connectivity index (χ0n) is 15.8. The molecular formula is C18H18F6N4OS. The molecule has 2 aliphatic rings. The molecule has 2 aromatic rings. The van der Waals surface area contributed by atoms with Crippen LogP contribution in [-0.4, -0.2) is 26.8 Å². The SMILES string of the molecule is Cn1nc(-c2cnc(C(F)(F)F)s2)c(C2CCC2)c1NC(=O)CC1(C(F)(F)F)CC1. The summed E-state index contributed by atoms with van der Waals surface area (Å²) in [4.78, 5) is 16.0. The lowest BCUT2D eigenvalue weighted by Crippen LogP contribution is -2.30. The van der Waals surface area contributed by atoms with Crippen LogP contribution in [0.4, 0.5) is 32.2 Å². The van der Waals surface area contributed by atoms with Gasteiger partial charge in [0.1, 0.15) is 11.5 Å². The molecule has 12 heteroatoms. The molecule has 1 amide bonds. The van der Waals surface area contributed by atoms with Crippen LogP contribution in [0, 0.1) is 5.41 Å². The van der Waals surface area contributed by atoms with Gasteiger partial charge in [0.05, 0.1) is 10.3 Å². The van der Waals surface area contributed by atoms with Crippen molar-refractivity contribution in [1.82, 2.24) is 14.8 Å². The van der Waals surface area contributed by atoms with Crippen LogP contribution in [0.5, 0.6) is 0 Å². The van der Waals surface area contributed by atoms with E-state index in [1.807, 2.05) is 0 Å². The smallest absolute Gasteiger partial charge is 0.311 e. The normalized spacial score (nSPS) is 18.9. The number of thiazole rings is 1. The van der Waals surface area contributed by atoms with Crippen molar-refractivity contribution in [3.63, 3.8) is 0 Å². The fraction of sp³-hybridized carbons (Fsp3) is 0.611. The second-order valence-electron chi connectivity index (χ2n) is 7.89. The maximum absolute atomic E-state index is 13.2. The lowest BCUT2D eigenvalue weighted by molar-refractivity contribution is -0.189. The number of amides is 1. The molecule has 0 aromatic carbocycles. The van der Waals surface area contributed by atoms with Crippen LogP contribution in [-0.2, 0) is 18.0 Å². The van der Waals surface area contributed by atoms with Crippen molar-refractivity contribution < 1.29 is 31.1 Å². The van der Waals surface area contributed by atoms with Gasteiger partial charge in [0.25, 0.3) is 0 Å². The van der Waals surface area contributed by atoms with Gasteiger partial charge in [-0.2, -0.15) is 31.4 Å². The molecule has 0 saturated heterocycles. The Balaban J connectivity index is 1.64. The molecular weight excluding hydrogens is 434 g/mol. The first-order valence-electron chi connectivity index (χ1n) is 9.38. The first-order chi connectivity index (χ1) is 13.9. The minimum atomic E-state index is -4.58. The average molecular weight is 452 g/mol. The molecule has 2 heterocycles. The Morgan fingerprint density at radius 3 is 2.40 bits per heavy atom. The highest BCUT2D eigenvalue weighted by Crippen LogP contribution is 2.60. The monoisotopic (exact) mass is 452 g/mol. The highest BCUT2D eigenvalue weighted by atomic mass is 32.1. The molecule has 0 aliphatic heterocycles. The van der Waals surface area contributed by atoms with Gasteiger partial charge < -0.3 is 5.32 Å². The van der Waals surface area contributed by atoms with Crippen LogP contribution in [0.1, 0.15) is 55.0 Å². The van der Waals surface area contributed by atoms with Crippen molar-refractivity contribution in [2.24, 2.45) is 12.5 Å². The Morgan fingerprint density at radius 2 is 1.93 bits per heavy atom. The van der Waals surface area contributed by atoms with Gasteiger partial charge >= 0.3 is 12.4 Å². The standard InChI is InChI=1S/C18H18F6N4OS/c1-28-14(26-11(29)7-16(5-6-16)18(22,23)24)12(9-3-2-4-9)13(27-28)10-8-25-15(30-10)17(19,20)21/h8-9H,2-7H2,1H3,(H,26,29). The Labute approximate surface area is 171 Å². The minimum Gasteiger partial charge on any atom is -0.311 e. The van der Waals surface area contributed by atoms with Crippen LogP contribution in [0.15, 0.2) is 6.20 Å². The van der Waals surface area contributed by atoms with Crippen LogP contribution in [0.2, 0.25) is 0 Å². The largest absolute Gasteiger partial charge is 0.443 e. The van der Waals surface area contributed by atoms with E-state index in [4.69, 9.17) is 0 Å². The van der Waals surface area contributed by atoms with E-state index >= 15 is 0 Å². The number of nitrogens with zero attached hydrogens (tertiary/aromatic N) is 3. The van der Waals surface area contributed by atoms with Crippen molar-refractivity contribution in [3.05, 3.63) is 16.8 Å². The summed E-state index contributed by atoms with van der Waals surface area (Å²) in [5, 5.41) is 5.82. The number of aryl methyl sites for hydroxylation is 1. The van der Waals surface area contributed by atoms with Gasteiger partial charge in [-0.3, -0.25) is 9.48 Å². The van der Waals surface area contributed by atoms with Crippen molar-refractivity contribution in [3.8, 4) is 10.6 Å². The molecule has 0 atom stereocenters. The molecule has 2 aliphatic carbocycles. The van der Waals surface area contributed by atoms with E-state index in [0.29, 0.717) is 16.9 Å². The first kappa shape index (κ1) is 21.1. The van der Waals surface area contributed by atoms with Gasteiger partial charge in [-0.15, -0.1) is 11.3 Å². The zero-order valence-corrected chi connectivity index (χ0v) is 16.6. The summed E-state index contributed by atoms with van der Waals surface area (Å²) in [5.41, 5.74) is -1.14. The Morgan fingerprint density at radius 1 is 1.27 bits per heavy atom. The van der Waals surface area contributed by atoms with E-state index in [0.717, 1.165) is 25.5 Å². The maximum Gasteiger partial charge on any atom is 0.443 e. The summed E-state index contributed by atoms with van der Waals surface area (Å²) in [5.74, 6) is -0.571. The fourth-order valence-corrected chi connectivity index (χ4v) is 4.45. The number of anilines is 1. The fourth-order valence-electron chi connectivity index (χ4n) is 3.66. The van der Waals surface area contributed by atoms with Crippen LogP contribution >= 0.6 is 11.3 Å². The highest BCUT2D eigenvalue weighted by Gasteiger charge is 2.63. The number of alkyl halides is 6. The van der Waals surface area contributed by atoms with Gasteiger partial charge in [-0.1, -0.05) is 6.42 Å². The van der Waals surface area contributed by atoms with Crippen molar-refractivity contribution in [2.45, 2.75) is 56.8 Å². The van der Waals surface area contributed by atoms with E-state index in [-0.39, 0.29) is 35.1 Å². The average Bonchev–Trinajstić information content (AvgIpc) is 3.07. The van der Waals surface area contributed by atoms with Crippen molar-refractivity contribution in [2.75, 3.05) is 5.32 Å². The molecule has 30 heavy (non-hydrogen) atoms. The third-order valence-electron chi connectivity index (χ3n) is 5.79. The van der Waals surface area contributed by atoms with Gasteiger partial charge in [0.2, 0.25) is 5.91 Å². The summed E-state index contributed by atoms with van der Waals surface area (Å²) in [6.45, 7) is 0. The molecule has 4 rings (SSSR count). The van der Waals surface area contributed by atoms with Gasteiger partial charge in [0, 0.05) is 25.2 Å². The number of aromatic nitrogens is 3. The predicted molar refractivity (Wildman–Crippen MR) is 96.9 cm³/mol. The summed E-state index contributed by atoms with van der Waals surface area (Å²) >= 11 is 0.450. The molecule has 0 unspecified atom stereocenters. The Bertz CT molecular complexity index is 968. The molecule has 2 aromatic heterocycles. The molecule has 2 saturated carbocycles. The first-order valence-corrected chi connectivity index (χ1v) is 10.2. The van der Waals surface area contributed by atoms with Crippen molar-refractivity contribution in [1.29, 1.82) is 0 Å². The minimum absolute atomic E-state index is 0.0297. The number of nitrogens with one attached hydrogen (secondary N) is 1. The molecule has 5 nitrogen and oxygen atoms in total. The van der Waals surface area contributed by atoms with Gasteiger partial charge in [-0.25, -0.2) is 4.98 Å². The lowest BCUT2D eigenvalue weighted by Gasteiger charge is -2.27. The van der Waals surface area contributed by atoms with Gasteiger partial charge in [-0.05, 0) is 31.6 Å². The van der Waals surface area contributed by atoms with E-state index in [9.17, 15) is 31.1 Å². The maximum atomic E-state index is 13.2. The second kappa shape index (κ2) is 6.96. The number of carbonyl (C=O) groups is 1. The molecule has 0 spiro atoms. The summed E-state index contributed by atoms with van der Waals surface area (Å²) in [7, 11) is 1.50. The topological polar surface area (TPSA) is 59.8 Å². The van der Waals surface area contributed by atoms with E-state index in [1.165, 1.54) is 11.7 Å². The second-order valence-corrected chi connectivity index (χ2v) is 8.92. The number of hydrogen-bond acceptors (Lipinski definition) is 4. The molecule has 2 fully saturated rings. The number of halogens is 6. The third kappa shape index (κ3) is 3.69. The van der Waals surface area contributed by atoms with E-state index < -0.39 is 35.1 Å². The highest BCUT2D eigenvalue weighted by molar-refractivity contribution is 7.15. The predicted octanol–water partition coefficient (Wildman–Crippen LogP) is 5.50. The van der Waals surface area contributed by atoms with Crippen LogP contribution in [0.25, 0.3) is 10.6 Å². The van der Waals surface area contributed by atoms with E-state index in [2.05, 4.69) is 15.4 Å². The lowest BCUT2D eigenvalue weighted by atomic mass is 9.79. The summed E-state index contributed by atoms with van der Waals surface area (Å²) in [6.07, 6.45) is -6.35. The summed E-state index contributed by atoms with van der Waals surface area (Å²) < 4.78 is 79.7.